The summed E-state index contributed by atoms with van der Waals surface area (Å²) in [7, 11) is 0. The summed E-state index contributed by atoms with van der Waals surface area (Å²) >= 11 is 0. The van der Waals surface area contributed by atoms with Gasteiger partial charge in [0, 0.05) is 5.92 Å². The minimum absolute atomic E-state index is 0.0673. The number of aliphatic hydroxyl groups is 2. The van der Waals surface area contributed by atoms with Crippen molar-refractivity contribution in [2.24, 2.45) is 50.7 Å². The molecule has 2 spiro atoms. The summed E-state index contributed by atoms with van der Waals surface area (Å²) < 4.78 is 6.15. The predicted molar refractivity (Wildman–Crippen MR) is 132 cm³/mol. The second-order valence-electron chi connectivity index (χ2n) is 14.7. The molecule has 6 aliphatic rings. The molecule has 0 radical (unpaired) electrons. The van der Waals surface area contributed by atoms with Crippen LogP contribution in [-0.2, 0) is 4.74 Å². The summed E-state index contributed by atoms with van der Waals surface area (Å²) in [6, 6.07) is 0. The topological polar surface area (TPSA) is 49.7 Å². The van der Waals surface area contributed by atoms with E-state index in [9.17, 15) is 10.2 Å². The smallest absolute Gasteiger partial charge is 0.102 e. The van der Waals surface area contributed by atoms with E-state index < -0.39 is 0 Å². The lowest BCUT2D eigenvalue weighted by Gasteiger charge is -2.63. The zero-order chi connectivity index (χ0) is 23.6. The molecule has 0 aromatic carbocycles. The van der Waals surface area contributed by atoms with Gasteiger partial charge in [-0.25, -0.2) is 0 Å². The average Bonchev–Trinajstić information content (AvgIpc) is 3.18. The molecule has 6 rings (SSSR count). The van der Waals surface area contributed by atoms with Crippen molar-refractivity contribution in [2.45, 2.75) is 118 Å². The molecule has 0 bridgehead atoms. The van der Waals surface area contributed by atoms with Gasteiger partial charge in [-0.15, -0.1) is 0 Å². The van der Waals surface area contributed by atoms with Gasteiger partial charge >= 0.3 is 0 Å². The number of ether oxygens (including phenoxy) is 1. The molecule has 6 fully saturated rings. The summed E-state index contributed by atoms with van der Waals surface area (Å²) in [4.78, 5) is 0. The Morgan fingerprint density at radius 2 is 1.52 bits per heavy atom. The zero-order valence-corrected chi connectivity index (χ0v) is 22.0. The number of aliphatic hydroxyl groups excluding tert-OH is 2. The summed E-state index contributed by atoms with van der Waals surface area (Å²) in [6.45, 7) is 14.9. The zero-order valence-electron chi connectivity index (χ0n) is 22.0. The SMILES string of the molecule is CC(C)=CC1OC[C@@H]([C@H]2CC[C@@]3(C)[C@@H]4CC[C@H]5C(C)(C)[C@@H](O)CC[C@@]56C[C@@]46CC[C@]23C)[C@H]1O. The van der Waals surface area contributed by atoms with Crippen molar-refractivity contribution in [3.8, 4) is 0 Å². The fraction of sp³-hybridized carbons (Fsp3) is 0.933. The first-order valence-corrected chi connectivity index (χ1v) is 14.1. The number of fused-ring (bicyclic) bond motifs is 2. The van der Waals surface area contributed by atoms with Crippen LogP contribution in [0.1, 0.15) is 99.3 Å². The van der Waals surface area contributed by atoms with Crippen molar-refractivity contribution in [3.63, 3.8) is 0 Å². The van der Waals surface area contributed by atoms with Gasteiger partial charge in [0.15, 0.2) is 0 Å². The third-order valence-electron chi connectivity index (χ3n) is 13.4. The van der Waals surface area contributed by atoms with Crippen LogP contribution in [0.5, 0.6) is 0 Å². The van der Waals surface area contributed by atoms with Crippen molar-refractivity contribution < 1.29 is 14.9 Å². The minimum atomic E-state index is -0.358. The highest BCUT2D eigenvalue weighted by atomic mass is 16.5. The maximum Gasteiger partial charge on any atom is 0.102 e. The first-order chi connectivity index (χ1) is 15.4. The van der Waals surface area contributed by atoms with Gasteiger partial charge in [0.05, 0.1) is 18.8 Å². The van der Waals surface area contributed by atoms with Crippen LogP contribution in [0, 0.1) is 50.7 Å². The second kappa shape index (κ2) is 6.88. The van der Waals surface area contributed by atoms with Gasteiger partial charge in [-0.3, -0.25) is 0 Å². The van der Waals surface area contributed by atoms with Gasteiger partial charge in [-0.05, 0) is 116 Å². The van der Waals surface area contributed by atoms with E-state index in [1.165, 1.54) is 56.9 Å². The van der Waals surface area contributed by atoms with E-state index >= 15 is 0 Å². The van der Waals surface area contributed by atoms with Crippen LogP contribution in [0.2, 0.25) is 0 Å². The maximum atomic E-state index is 11.3. The third-order valence-corrected chi connectivity index (χ3v) is 13.4. The lowest BCUT2D eigenvalue weighted by atomic mass is 9.41. The molecule has 1 unspecified atom stereocenters. The van der Waals surface area contributed by atoms with Crippen LogP contribution in [0.15, 0.2) is 11.6 Å². The molecule has 186 valence electrons. The largest absolute Gasteiger partial charge is 0.393 e. The molecular weight excluding hydrogens is 408 g/mol. The number of hydrogen-bond donors (Lipinski definition) is 2. The monoisotopic (exact) mass is 456 g/mol. The van der Waals surface area contributed by atoms with Gasteiger partial charge in [0.1, 0.15) is 6.10 Å². The molecule has 0 aromatic rings. The summed E-state index contributed by atoms with van der Waals surface area (Å²) in [5, 5.41) is 22.1. The van der Waals surface area contributed by atoms with Crippen molar-refractivity contribution >= 4 is 0 Å². The van der Waals surface area contributed by atoms with Crippen molar-refractivity contribution in [3.05, 3.63) is 11.6 Å². The second-order valence-corrected chi connectivity index (χ2v) is 14.7. The van der Waals surface area contributed by atoms with Crippen molar-refractivity contribution in [2.75, 3.05) is 6.61 Å². The van der Waals surface area contributed by atoms with E-state index in [0.29, 0.717) is 33.5 Å². The lowest BCUT2D eigenvalue weighted by molar-refractivity contribution is -0.163. The maximum absolute atomic E-state index is 11.3. The molecule has 3 nitrogen and oxygen atoms in total. The predicted octanol–water partition coefficient (Wildman–Crippen LogP) is 6.13. The highest BCUT2D eigenvalue weighted by Crippen LogP contribution is 2.89. The van der Waals surface area contributed by atoms with E-state index in [1.807, 2.05) is 0 Å². The Morgan fingerprint density at radius 1 is 0.818 bits per heavy atom. The van der Waals surface area contributed by atoms with E-state index in [2.05, 4.69) is 47.6 Å². The van der Waals surface area contributed by atoms with Crippen LogP contribution < -0.4 is 0 Å². The molecule has 1 heterocycles. The lowest BCUT2D eigenvalue weighted by Crippen LogP contribution is -2.58. The van der Waals surface area contributed by atoms with Gasteiger partial charge in [-0.1, -0.05) is 39.3 Å². The fourth-order valence-corrected chi connectivity index (χ4v) is 11.6. The Bertz CT molecular complexity index is 859. The molecule has 1 aliphatic heterocycles. The normalized spacial score (nSPS) is 58.6. The van der Waals surface area contributed by atoms with Crippen LogP contribution in [0.25, 0.3) is 0 Å². The quantitative estimate of drug-likeness (QED) is 0.492. The van der Waals surface area contributed by atoms with Crippen LogP contribution in [0.4, 0.5) is 0 Å². The summed E-state index contributed by atoms with van der Waals surface area (Å²) in [5.41, 5.74) is 3.02. The van der Waals surface area contributed by atoms with E-state index in [4.69, 9.17) is 4.74 Å². The molecule has 2 N–H and O–H groups in total. The van der Waals surface area contributed by atoms with E-state index in [1.54, 1.807) is 0 Å². The minimum Gasteiger partial charge on any atom is -0.393 e. The number of rotatable bonds is 2. The Balaban J connectivity index is 1.30. The highest BCUT2D eigenvalue weighted by molar-refractivity contribution is 5.30. The summed E-state index contributed by atoms with van der Waals surface area (Å²) in [5.74, 6) is 2.37. The highest BCUT2D eigenvalue weighted by Gasteiger charge is 2.82. The standard InChI is InChI=1S/C30H48O3/c1-18(2)15-21-25(32)19(16-33-21)20-9-11-28(6)23-8-7-22-26(3,4)24(31)10-12-29(22)17-30(23,29)14-13-27(20,28)5/h15,19-25,31-32H,7-14,16-17H2,1-6H3/t19-,20+,21?,22-,23-,24-,25+,27+,28-,29+,30-/m0/s1. The van der Waals surface area contributed by atoms with Gasteiger partial charge in [-0.2, -0.15) is 0 Å². The van der Waals surface area contributed by atoms with Crippen LogP contribution >= 0.6 is 0 Å². The van der Waals surface area contributed by atoms with Gasteiger partial charge in [0.2, 0.25) is 0 Å². The van der Waals surface area contributed by atoms with E-state index in [-0.39, 0.29) is 29.6 Å². The van der Waals surface area contributed by atoms with Crippen LogP contribution in [-0.4, -0.2) is 35.1 Å². The first kappa shape index (κ1) is 23.0. The van der Waals surface area contributed by atoms with E-state index in [0.717, 1.165) is 18.9 Å². The Kier molecular flexibility index (Phi) is 4.81. The summed E-state index contributed by atoms with van der Waals surface area (Å²) in [6.07, 6.45) is 13.2. The molecule has 0 aromatic heterocycles. The van der Waals surface area contributed by atoms with Gasteiger partial charge < -0.3 is 14.9 Å². The molecule has 5 aliphatic carbocycles. The molecule has 1 saturated heterocycles. The molecule has 11 atom stereocenters. The Labute approximate surface area is 201 Å². The fourth-order valence-electron chi connectivity index (χ4n) is 11.6. The Morgan fingerprint density at radius 3 is 2.24 bits per heavy atom. The van der Waals surface area contributed by atoms with Crippen LogP contribution in [0.3, 0.4) is 0 Å². The van der Waals surface area contributed by atoms with Gasteiger partial charge in [0.25, 0.3) is 0 Å². The number of hydrogen-bond acceptors (Lipinski definition) is 3. The molecular formula is C30H48O3. The third kappa shape index (κ3) is 2.63. The molecule has 3 heteroatoms. The molecule has 33 heavy (non-hydrogen) atoms. The molecule has 5 saturated carbocycles. The van der Waals surface area contributed by atoms with Crippen molar-refractivity contribution in [1.29, 1.82) is 0 Å². The molecule has 0 amide bonds. The van der Waals surface area contributed by atoms with Crippen molar-refractivity contribution in [1.82, 2.24) is 0 Å². The Hall–Kier alpha value is -0.380. The first-order valence-electron chi connectivity index (χ1n) is 14.1. The average molecular weight is 457 g/mol. The number of allylic oxidation sites excluding steroid dienone is 1.